The first-order chi connectivity index (χ1) is 6.77. The van der Waals surface area contributed by atoms with E-state index in [1.165, 1.54) is 5.56 Å². The van der Waals surface area contributed by atoms with Gasteiger partial charge < -0.3 is 9.47 Å². The molecular weight excluding hydrogens is 196 g/mol. The second-order valence-electron chi connectivity index (χ2n) is 3.85. The molecule has 2 atom stereocenters. The third kappa shape index (κ3) is 1.72. The van der Waals surface area contributed by atoms with Gasteiger partial charge in [-0.15, -0.1) is 0 Å². The Hall–Kier alpha value is -0.380. The van der Waals surface area contributed by atoms with E-state index in [4.69, 9.17) is 9.47 Å². The quantitative estimate of drug-likeness (QED) is 0.750. The fourth-order valence-electron chi connectivity index (χ4n) is 2.14. The summed E-state index contributed by atoms with van der Waals surface area (Å²) in [5.41, 5.74) is 1.21. The Morgan fingerprint density at radius 3 is 3.07 bits per heavy atom. The minimum absolute atomic E-state index is 0.0995. The third-order valence-electron chi connectivity index (χ3n) is 2.96. The molecule has 2 nitrogen and oxygen atoms in total. The summed E-state index contributed by atoms with van der Waals surface area (Å²) in [4.78, 5) is 0. The van der Waals surface area contributed by atoms with Crippen molar-refractivity contribution < 1.29 is 9.47 Å². The van der Waals surface area contributed by atoms with Crippen LogP contribution in [0, 0.1) is 0 Å². The highest BCUT2D eigenvalue weighted by Crippen LogP contribution is 2.38. The van der Waals surface area contributed by atoms with Crippen LogP contribution in [0.3, 0.4) is 0 Å². The predicted molar refractivity (Wildman–Crippen MR) is 57.7 cm³/mol. The highest BCUT2D eigenvalue weighted by atomic mass is 32.1. The SMILES string of the molecule is CO[C@]1(c2ccsc2)CCO[C@@H](C)C1. The van der Waals surface area contributed by atoms with Crippen molar-refractivity contribution in [1.82, 2.24) is 0 Å². The van der Waals surface area contributed by atoms with Gasteiger partial charge in [0.2, 0.25) is 0 Å². The summed E-state index contributed by atoms with van der Waals surface area (Å²) >= 11 is 1.73. The van der Waals surface area contributed by atoms with Gasteiger partial charge in [-0.3, -0.25) is 0 Å². The molecule has 0 bridgehead atoms. The topological polar surface area (TPSA) is 18.5 Å². The Balaban J connectivity index is 2.25. The smallest absolute Gasteiger partial charge is 0.0982 e. The molecule has 1 aromatic rings. The summed E-state index contributed by atoms with van der Waals surface area (Å²) in [7, 11) is 1.80. The normalized spacial score (nSPS) is 33.1. The zero-order valence-electron chi connectivity index (χ0n) is 8.66. The molecule has 0 aliphatic carbocycles. The zero-order chi connectivity index (χ0) is 10.0. The number of ether oxygens (including phenoxy) is 2. The van der Waals surface area contributed by atoms with E-state index in [1.807, 2.05) is 0 Å². The van der Waals surface area contributed by atoms with Crippen LogP contribution in [0.5, 0.6) is 0 Å². The van der Waals surface area contributed by atoms with Crippen molar-refractivity contribution in [2.45, 2.75) is 31.5 Å². The number of rotatable bonds is 2. The van der Waals surface area contributed by atoms with Crippen molar-refractivity contribution in [3.8, 4) is 0 Å². The fraction of sp³-hybridized carbons (Fsp3) is 0.636. The molecule has 14 heavy (non-hydrogen) atoms. The van der Waals surface area contributed by atoms with Gasteiger partial charge in [0, 0.05) is 20.0 Å². The second kappa shape index (κ2) is 4.01. The summed E-state index contributed by atoms with van der Waals surface area (Å²) < 4.78 is 11.3. The van der Waals surface area contributed by atoms with Gasteiger partial charge in [0.25, 0.3) is 0 Å². The van der Waals surface area contributed by atoms with E-state index in [0.29, 0.717) is 6.10 Å². The molecule has 1 aliphatic heterocycles. The maximum atomic E-state index is 5.72. The van der Waals surface area contributed by atoms with Crippen LogP contribution in [0.15, 0.2) is 16.8 Å². The molecule has 1 saturated heterocycles. The summed E-state index contributed by atoms with van der Waals surface area (Å²) in [6.07, 6.45) is 2.22. The van der Waals surface area contributed by atoms with Crippen molar-refractivity contribution in [3.05, 3.63) is 22.4 Å². The van der Waals surface area contributed by atoms with Gasteiger partial charge in [-0.1, -0.05) is 0 Å². The van der Waals surface area contributed by atoms with Crippen molar-refractivity contribution in [2.24, 2.45) is 0 Å². The molecule has 1 aliphatic rings. The summed E-state index contributed by atoms with van der Waals surface area (Å²) in [6.45, 7) is 2.91. The standard InChI is InChI=1S/C11H16O2S/c1-9-7-11(12-2,4-5-13-9)10-3-6-14-8-10/h3,6,8-9H,4-5,7H2,1-2H3/t9-,11+/m0/s1. The molecule has 0 aromatic carbocycles. The maximum Gasteiger partial charge on any atom is 0.0982 e. The molecular formula is C11H16O2S. The van der Waals surface area contributed by atoms with Gasteiger partial charge in [0.1, 0.15) is 0 Å². The predicted octanol–water partition coefficient (Wildman–Crippen LogP) is 2.79. The van der Waals surface area contributed by atoms with Crippen molar-refractivity contribution in [3.63, 3.8) is 0 Å². The number of hydrogen-bond donors (Lipinski definition) is 0. The van der Waals surface area contributed by atoms with E-state index < -0.39 is 0 Å². The van der Waals surface area contributed by atoms with Crippen LogP contribution >= 0.6 is 11.3 Å². The van der Waals surface area contributed by atoms with E-state index >= 15 is 0 Å². The van der Waals surface area contributed by atoms with Crippen molar-refractivity contribution in [1.29, 1.82) is 0 Å². The molecule has 3 heteroatoms. The molecule has 0 unspecified atom stereocenters. The first-order valence-electron chi connectivity index (χ1n) is 4.96. The average molecular weight is 212 g/mol. The molecule has 78 valence electrons. The van der Waals surface area contributed by atoms with Crippen molar-refractivity contribution >= 4 is 11.3 Å². The lowest BCUT2D eigenvalue weighted by atomic mass is 9.85. The molecule has 2 heterocycles. The Bertz CT molecular complexity index is 283. The van der Waals surface area contributed by atoms with Gasteiger partial charge in [-0.2, -0.15) is 11.3 Å². The highest BCUT2D eigenvalue weighted by Gasteiger charge is 2.37. The second-order valence-corrected chi connectivity index (χ2v) is 4.63. The first-order valence-corrected chi connectivity index (χ1v) is 5.90. The summed E-state index contributed by atoms with van der Waals surface area (Å²) in [5, 5.41) is 4.29. The van der Waals surface area contributed by atoms with Gasteiger partial charge in [0.15, 0.2) is 0 Å². The van der Waals surface area contributed by atoms with Crippen LogP contribution in [-0.2, 0) is 15.1 Å². The molecule has 0 saturated carbocycles. The molecule has 2 rings (SSSR count). The minimum atomic E-state index is -0.0995. The molecule has 0 amide bonds. The van der Waals surface area contributed by atoms with Crippen LogP contribution in [0.2, 0.25) is 0 Å². The number of hydrogen-bond acceptors (Lipinski definition) is 3. The van der Waals surface area contributed by atoms with Crippen LogP contribution < -0.4 is 0 Å². The largest absolute Gasteiger partial charge is 0.378 e. The lowest BCUT2D eigenvalue weighted by Crippen LogP contribution is -2.38. The lowest BCUT2D eigenvalue weighted by Gasteiger charge is -2.38. The van der Waals surface area contributed by atoms with Gasteiger partial charge in [-0.05, 0) is 29.3 Å². The highest BCUT2D eigenvalue weighted by molar-refractivity contribution is 7.08. The molecule has 0 N–H and O–H groups in total. The number of thiophene rings is 1. The third-order valence-corrected chi connectivity index (χ3v) is 3.65. The zero-order valence-corrected chi connectivity index (χ0v) is 9.47. The van der Waals surface area contributed by atoms with Crippen LogP contribution in [-0.4, -0.2) is 19.8 Å². The Morgan fingerprint density at radius 1 is 1.64 bits per heavy atom. The summed E-state index contributed by atoms with van der Waals surface area (Å²) in [5.74, 6) is 0. The van der Waals surface area contributed by atoms with Crippen LogP contribution in [0.1, 0.15) is 25.3 Å². The summed E-state index contributed by atoms with van der Waals surface area (Å²) in [6, 6.07) is 2.16. The molecule has 1 aromatic heterocycles. The Labute approximate surface area is 88.8 Å². The average Bonchev–Trinajstić information content (AvgIpc) is 2.71. The molecule has 1 fully saturated rings. The van der Waals surface area contributed by atoms with E-state index in [2.05, 4.69) is 23.8 Å². The van der Waals surface area contributed by atoms with Gasteiger partial charge in [-0.25, -0.2) is 0 Å². The minimum Gasteiger partial charge on any atom is -0.378 e. The monoisotopic (exact) mass is 212 g/mol. The van der Waals surface area contributed by atoms with E-state index in [0.717, 1.165) is 19.4 Å². The molecule has 0 radical (unpaired) electrons. The van der Waals surface area contributed by atoms with E-state index in [1.54, 1.807) is 18.4 Å². The number of methoxy groups -OCH3 is 1. The Morgan fingerprint density at radius 2 is 2.50 bits per heavy atom. The van der Waals surface area contributed by atoms with Gasteiger partial charge >= 0.3 is 0 Å². The van der Waals surface area contributed by atoms with Crippen LogP contribution in [0.4, 0.5) is 0 Å². The fourth-order valence-corrected chi connectivity index (χ4v) is 2.88. The Kier molecular flexibility index (Phi) is 2.91. The van der Waals surface area contributed by atoms with E-state index in [-0.39, 0.29) is 5.60 Å². The maximum absolute atomic E-state index is 5.72. The van der Waals surface area contributed by atoms with E-state index in [9.17, 15) is 0 Å². The van der Waals surface area contributed by atoms with Gasteiger partial charge in [0.05, 0.1) is 18.3 Å². The first kappa shape index (κ1) is 10.1. The van der Waals surface area contributed by atoms with Crippen molar-refractivity contribution in [2.75, 3.05) is 13.7 Å². The molecule has 0 spiro atoms. The van der Waals surface area contributed by atoms with Crippen LogP contribution in [0.25, 0.3) is 0 Å². The lowest BCUT2D eigenvalue weighted by molar-refractivity contribution is -0.122.